The molecule has 0 saturated carbocycles. The third kappa shape index (κ3) is 4.40. The van der Waals surface area contributed by atoms with E-state index in [1.807, 2.05) is 18.2 Å². The molecule has 152 valence electrons. The topological polar surface area (TPSA) is 54.4 Å². The van der Waals surface area contributed by atoms with Gasteiger partial charge in [-0.2, -0.15) is 0 Å². The molecule has 1 N–H and O–H groups in total. The summed E-state index contributed by atoms with van der Waals surface area (Å²) in [5.74, 6) is 1.70. The average Bonchev–Trinajstić information content (AvgIpc) is 2.66. The highest BCUT2D eigenvalue weighted by Crippen LogP contribution is 2.41. The first-order valence-corrected chi connectivity index (χ1v) is 9.83. The highest BCUT2D eigenvalue weighted by Gasteiger charge is 2.48. The number of rotatable bonds is 6. The lowest BCUT2D eigenvalue weighted by molar-refractivity contribution is -0.141. The van der Waals surface area contributed by atoms with Crippen molar-refractivity contribution in [3.05, 3.63) is 23.8 Å². The fraction of sp³-hybridized carbons (Fsp3) is 0.714. The van der Waals surface area contributed by atoms with Gasteiger partial charge in [0.05, 0.1) is 38.6 Å². The number of nitrogens with zero attached hydrogens (tertiary/aromatic N) is 2. The Morgan fingerprint density at radius 1 is 1.04 bits per heavy atom. The summed E-state index contributed by atoms with van der Waals surface area (Å²) in [6.07, 6.45) is 0.759. The molecule has 2 aliphatic rings. The second-order valence-electron chi connectivity index (χ2n) is 8.41. The quantitative estimate of drug-likeness (QED) is 0.817. The molecule has 2 aliphatic heterocycles. The van der Waals surface area contributed by atoms with Gasteiger partial charge in [0.25, 0.3) is 0 Å². The molecule has 0 spiro atoms. The molecular weight excluding hydrogens is 344 g/mol. The molecule has 2 saturated heterocycles. The highest BCUT2D eigenvalue weighted by molar-refractivity contribution is 5.44. The largest absolute Gasteiger partial charge is 0.496 e. The first-order valence-electron chi connectivity index (χ1n) is 9.83. The number of morpholine rings is 1. The van der Waals surface area contributed by atoms with E-state index in [9.17, 15) is 5.11 Å². The van der Waals surface area contributed by atoms with Crippen molar-refractivity contribution in [3.8, 4) is 11.5 Å². The second kappa shape index (κ2) is 8.35. The van der Waals surface area contributed by atoms with Gasteiger partial charge in [0.1, 0.15) is 11.5 Å². The van der Waals surface area contributed by atoms with Crippen LogP contribution in [0.2, 0.25) is 0 Å². The summed E-state index contributed by atoms with van der Waals surface area (Å²) in [6, 6.07) is 5.89. The maximum atomic E-state index is 11.5. The average molecular weight is 379 g/mol. The lowest BCUT2D eigenvalue weighted by Gasteiger charge is -2.52. The number of hydrogen-bond donors (Lipinski definition) is 1. The summed E-state index contributed by atoms with van der Waals surface area (Å²) in [5.41, 5.74) is 0.168. The lowest BCUT2D eigenvalue weighted by atomic mass is 9.69. The summed E-state index contributed by atoms with van der Waals surface area (Å²) in [5, 5.41) is 11.5. The molecule has 6 nitrogen and oxygen atoms in total. The standard InChI is InChI=1S/C21H34N2O4/c1-20(2)15-23(14-17-18(25-3)6-5-7-19(17)26-4)9-8-21(20,24)16-22-10-12-27-13-11-22/h5-7,24H,8-16H2,1-4H3/t21-/m1/s1. The molecule has 1 atom stereocenters. The van der Waals surface area contributed by atoms with Crippen molar-refractivity contribution < 1.29 is 19.3 Å². The lowest BCUT2D eigenvalue weighted by Crippen LogP contribution is -2.62. The maximum absolute atomic E-state index is 11.5. The molecule has 2 fully saturated rings. The number of methoxy groups -OCH3 is 2. The van der Waals surface area contributed by atoms with Crippen LogP contribution >= 0.6 is 0 Å². The van der Waals surface area contributed by atoms with Gasteiger partial charge in [0.15, 0.2) is 0 Å². The molecule has 0 aliphatic carbocycles. The molecule has 0 aromatic heterocycles. The Labute approximate surface area is 163 Å². The molecule has 0 radical (unpaired) electrons. The summed E-state index contributed by atoms with van der Waals surface area (Å²) in [7, 11) is 3.39. The Hall–Kier alpha value is -1.34. The number of aliphatic hydroxyl groups is 1. The number of piperidine rings is 1. The van der Waals surface area contributed by atoms with Gasteiger partial charge < -0.3 is 19.3 Å². The van der Waals surface area contributed by atoms with Gasteiger partial charge in [0, 0.05) is 44.7 Å². The molecule has 6 heteroatoms. The minimum absolute atomic E-state index is 0.210. The minimum Gasteiger partial charge on any atom is -0.496 e. The summed E-state index contributed by atoms with van der Waals surface area (Å²) in [6.45, 7) is 10.8. The Bertz CT molecular complexity index is 608. The van der Waals surface area contributed by atoms with Gasteiger partial charge in [0.2, 0.25) is 0 Å². The summed E-state index contributed by atoms with van der Waals surface area (Å²) in [4.78, 5) is 4.73. The number of likely N-dealkylation sites (tertiary alicyclic amines) is 1. The summed E-state index contributed by atoms with van der Waals surface area (Å²) < 4.78 is 16.5. The smallest absolute Gasteiger partial charge is 0.127 e. The van der Waals surface area contributed by atoms with Crippen LogP contribution in [0, 0.1) is 5.41 Å². The Balaban J connectivity index is 1.70. The fourth-order valence-corrected chi connectivity index (χ4v) is 4.33. The molecule has 0 bridgehead atoms. The molecule has 3 rings (SSSR count). The number of benzene rings is 1. The van der Waals surface area contributed by atoms with E-state index in [0.717, 1.165) is 76.0 Å². The van der Waals surface area contributed by atoms with Gasteiger partial charge in [-0.25, -0.2) is 0 Å². The zero-order valence-corrected chi connectivity index (χ0v) is 17.2. The van der Waals surface area contributed by atoms with E-state index in [-0.39, 0.29) is 5.41 Å². The van der Waals surface area contributed by atoms with Crippen molar-refractivity contribution in [1.82, 2.24) is 9.80 Å². The zero-order chi connectivity index (χ0) is 19.5. The van der Waals surface area contributed by atoms with Crippen molar-refractivity contribution in [1.29, 1.82) is 0 Å². The SMILES string of the molecule is COc1cccc(OC)c1CN1CC[C@@](O)(CN2CCOCC2)C(C)(C)C1. The molecule has 1 aromatic carbocycles. The number of ether oxygens (including phenoxy) is 3. The van der Waals surface area contributed by atoms with Crippen LogP contribution in [0.5, 0.6) is 11.5 Å². The van der Waals surface area contributed by atoms with E-state index in [1.165, 1.54) is 0 Å². The van der Waals surface area contributed by atoms with Crippen molar-refractivity contribution in [2.45, 2.75) is 32.4 Å². The van der Waals surface area contributed by atoms with Crippen LogP contribution in [0.4, 0.5) is 0 Å². The van der Waals surface area contributed by atoms with Crippen LogP contribution in [0.25, 0.3) is 0 Å². The molecule has 27 heavy (non-hydrogen) atoms. The van der Waals surface area contributed by atoms with Crippen LogP contribution in [0.3, 0.4) is 0 Å². The molecular formula is C21H34N2O4. The second-order valence-corrected chi connectivity index (χ2v) is 8.41. The van der Waals surface area contributed by atoms with Crippen molar-refractivity contribution >= 4 is 0 Å². The Morgan fingerprint density at radius 3 is 2.22 bits per heavy atom. The van der Waals surface area contributed by atoms with Crippen molar-refractivity contribution in [3.63, 3.8) is 0 Å². The molecule has 1 aromatic rings. The van der Waals surface area contributed by atoms with Crippen LogP contribution in [0.15, 0.2) is 18.2 Å². The van der Waals surface area contributed by atoms with E-state index >= 15 is 0 Å². The fourth-order valence-electron chi connectivity index (χ4n) is 4.33. The van der Waals surface area contributed by atoms with E-state index in [2.05, 4.69) is 23.6 Å². The van der Waals surface area contributed by atoms with Gasteiger partial charge in [-0.1, -0.05) is 19.9 Å². The Kier molecular flexibility index (Phi) is 6.31. The van der Waals surface area contributed by atoms with E-state index in [1.54, 1.807) is 14.2 Å². The van der Waals surface area contributed by atoms with Gasteiger partial charge in [-0.05, 0) is 18.6 Å². The first kappa shape index (κ1) is 20.4. The van der Waals surface area contributed by atoms with E-state index in [0.29, 0.717) is 0 Å². The van der Waals surface area contributed by atoms with Gasteiger partial charge in [-0.3, -0.25) is 9.80 Å². The van der Waals surface area contributed by atoms with Crippen molar-refractivity contribution in [2.24, 2.45) is 5.41 Å². The van der Waals surface area contributed by atoms with Gasteiger partial charge >= 0.3 is 0 Å². The van der Waals surface area contributed by atoms with Crippen molar-refractivity contribution in [2.75, 3.05) is 60.2 Å². The Morgan fingerprint density at radius 2 is 1.67 bits per heavy atom. The van der Waals surface area contributed by atoms with E-state index in [4.69, 9.17) is 14.2 Å². The monoisotopic (exact) mass is 378 g/mol. The number of β-amino-alcohol motifs (C(OH)–C–C–N with tert-alkyl or cyclic N) is 1. The van der Waals surface area contributed by atoms with Crippen LogP contribution in [-0.2, 0) is 11.3 Å². The molecule has 2 heterocycles. The third-order valence-electron chi connectivity index (χ3n) is 6.22. The highest BCUT2D eigenvalue weighted by atomic mass is 16.5. The maximum Gasteiger partial charge on any atom is 0.127 e. The molecule has 0 unspecified atom stereocenters. The van der Waals surface area contributed by atoms with Gasteiger partial charge in [-0.15, -0.1) is 0 Å². The zero-order valence-electron chi connectivity index (χ0n) is 17.2. The van der Waals surface area contributed by atoms with E-state index < -0.39 is 5.60 Å². The van der Waals surface area contributed by atoms with Crippen LogP contribution < -0.4 is 9.47 Å². The minimum atomic E-state index is -0.689. The predicted molar refractivity (Wildman–Crippen MR) is 105 cm³/mol. The first-order chi connectivity index (χ1) is 12.9. The van der Waals surface area contributed by atoms with Crippen LogP contribution in [0.1, 0.15) is 25.8 Å². The normalized spacial score (nSPS) is 26.7. The van der Waals surface area contributed by atoms with Crippen LogP contribution in [-0.4, -0.2) is 80.7 Å². The third-order valence-corrected chi connectivity index (χ3v) is 6.22. The number of hydrogen-bond acceptors (Lipinski definition) is 6. The molecule has 0 amide bonds. The predicted octanol–water partition coefficient (Wildman–Crippen LogP) is 2.00. The summed E-state index contributed by atoms with van der Waals surface area (Å²) >= 11 is 0.